The van der Waals surface area contributed by atoms with Crippen LogP contribution in [0.25, 0.3) is 0 Å². The molecule has 1 rings (SSSR count). The Bertz CT molecular complexity index is 583. The second kappa shape index (κ2) is 6.64. The van der Waals surface area contributed by atoms with Gasteiger partial charge in [0, 0.05) is 12.2 Å². The fourth-order valence-corrected chi connectivity index (χ4v) is 3.09. The van der Waals surface area contributed by atoms with Crippen LogP contribution in [0, 0.1) is 5.92 Å². The van der Waals surface area contributed by atoms with Gasteiger partial charge in [-0.05, 0) is 44.5 Å². The second-order valence-corrected chi connectivity index (χ2v) is 7.76. The molecule has 0 aromatic heterocycles. The summed E-state index contributed by atoms with van der Waals surface area (Å²) in [7, 11) is -2.22. The van der Waals surface area contributed by atoms with E-state index < -0.39 is 15.6 Å². The monoisotopic (exact) mass is 315 g/mol. The molecule has 0 aliphatic carbocycles. The summed E-state index contributed by atoms with van der Waals surface area (Å²) in [5.74, 6) is 0.384. The van der Waals surface area contributed by atoms with Crippen LogP contribution >= 0.6 is 0 Å². The van der Waals surface area contributed by atoms with E-state index >= 15 is 0 Å². The molecular formula is C14H25N3O3S. The lowest BCUT2D eigenvalue weighted by Crippen LogP contribution is -2.34. The zero-order chi connectivity index (χ0) is 16.3. The van der Waals surface area contributed by atoms with Gasteiger partial charge in [-0.3, -0.25) is 0 Å². The number of nitrogen functional groups attached to an aromatic ring is 1. The molecule has 0 saturated carbocycles. The van der Waals surface area contributed by atoms with Gasteiger partial charge < -0.3 is 16.2 Å². The summed E-state index contributed by atoms with van der Waals surface area (Å²) in [5, 5.41) is 13.3. The molecule has 0 aliphatic heterocycles. The Hall–Kier alpha value is -1.31. The molecule has 1 atom stereocenters. The summed E-state index contributed by atoms with van der Waals surface area (Å²) in [6.07, 6.45) is 0.668. The Balaban J connectivity index is 2.82. The standard InChI is InChI=1S/C14H25N3O3S/c1-10(2)8-14(3,18)9-17-11-5-6-13(12(15)7-11)21(19,20)16-4/h5-7,10,16-18H,8-9,15H2,1-4H3. The molecule has 120 valence electrons. The minimum Gasteiger partial charge on any atom is -0.398 e. The van der Waals surface area contributed by atoms with Crippen molar-refractivity contribution in [1.82, 2.24) is 4.72 Å². The molecule has 5 N–H and O–H groups in total. The highest BCUT2D eigenvalue weighted by molar-refractivity contribution is 7.89. The molecule has 0 aliphatic rings. The van der Waals surface area contributed by atoms with E-state index in [9.17, 15) is 13.5 Å². The Labute approximate surface area is 126 Å². The fourth-order valence-electron chi connectivity index (χ4n) is 2.26. The van der Waals surface area contributed by atoms with E-state index in [0.717, 1.165) is 0 Å². The van der Waals surface area contributed by atoms with Gasteiger partial charge in [-0.25, -0.2) is 13.1 Å². The molecule has 0 amide bonds. The zero-order valence-corrected chi connectivity index (χ0v) is 13.8. The lowest BCUT2D eigenvalue weighted by molar-refractivity contribution is 0.0515. The van der Waals surface area contributed by atoms with E-state index in [1.165, 1.54) is 13.1 Å². The van der Waals surface area contributed by atoms with Crippen LogP contribution in [-0.4, -0.2) is 32.7 Å². The molecule has 0 spiro atoms. The Morgan fingerprint density at radius 2 is 2.00 bits per heavy atom. The summed E-state index contributed by atoms with van der Waals surface area (Å²) in [5.41, 5.74) is 5.78. The van der Waals surface area contributed by atoms with Crippen molar-refractivity contribution in [3.05, 3.63) is 18.2 Å². The molecule has 0 fully saturated rings. The molecule has 0 radical (unpaired) electrons. The molecule has 0 heterocycles. The summed E-state index contributed by atoms with van der Waals surface area (Å²) < 4.78 is 25.7. The molecule has 21 heavy (non-hydrogen) atoms. The SMILES string of the molecule is CNS(=O)(=O)c1ccc(NCC(C)(O)CC(C)C)cc1N. The van der Waals surface area contributed by atoms with Gasteiger partial charge in [0.2, 0.25) is 10.0 Å². The average Bonchev–Trinajstić information content (AvgIpc) is 2.35. The molecule has 1 aromatic rings. The van der Waals surface area contributed by atoms with Gasteiger partial charge in [-0.1, -0.05) is 13.8 Å². The summed E-state index contributed by atoms with van der Waals surface area (Å²) >= 11 is 0. The maximum Gasteiger partial charge on any atom is 0.242 e. The van der Waals surface area contributed by atoms with Gasteiger partial charge in [-0.15, -0.1) is 0 Å². The Morgan fingerprint density at radius 1 is 1.38 bits per heavy atom. The smallest absolute Gasteiger partial charge is 0.242 e. The van der Waals surface area contributed by atoms with Gasteiger partial charge in [0.25, 0.3) is 0 Å². The second-order valence-electron chi connectivity index (χ2n) is 5.91. The quantitative estimate of drug-likeness (QED) is 0.569. The highest BCUT2D eigenvalue weighted by atomic mass is 32.2. The van der Waals surface area contributed by atoms with Crippen LogP contribution in [-0.2, 0) is 10.0 Å². The van der Waals surface area contributed by atoms with E-state index in [2.05, 4.69) is 10.0 Å². The third kappa shape index (κ3) is 5.18. The number of anilines is 2. The van der Waals surface area contributed by atoms with Crippen LogP contribution in [0.3, 0.4) is 0 Å². The van der Waals surface area contributed by atoms with Crippen molar-refractivity contribution >= 4 is 21.4 Å². The topological polar surface area (TPSA) is 104 Å². The van der Waals surface area contributed by atoms with Crippen molar-refractivity contribution in [3.8, 4) is 0 Å². The number of hydrogen-bond donors (Lipinski definition) is 4. The molecular weight excluding hydrogens is 290 g/mol. The first-order chi connectivity index (χ1) is 9.57. The minimum atomic E-state index is -3.56. The molecule has 1 aromatic carbocycles. The number of nitrogens with one attached hydrogen (secondary N) is 2. The van der Waals surface area contributed by atoms with E-state index in [1.807, 2.05) is 13.8 Å². The van der Waals surface area contributed by atoms with Crippen LogP contribution in [0.5, 0.6) is 0 Å². The number of nitrogens with two attached hydrogens (primary N) is 1. The van der Waals surface area contributed by atoms with Crippen LogP contribution in [0.1, 0.15) is 27.2 Å². The molecule has 0 bridgehead atoms. The van der Waals surface area contributed by atoms with Crippen molar-refractivity contribution < 1.29 is 13.5 Å². The van der Waals surface area contributed by atoms with Crippen LogP contribution < -0.4 is 15.8 Å². The third-order valence-electron chi connectivity index (χ3n) is 3.09. The Morgan fingerprint density at radius 3 is 2.48 bits per heavy atom. The number of benzene rings is 1. The van der Waals surface area contributed by atoms with Crippen molar-refractivity contribution in [1.29, 1.82) is 0 Å². The molecule has 1 unspecified atom stereocenters. The predicted molar refractivity (Wildman–Crippen MR) is 85.7 cm³/mol. The number of sulfonamides is 1. The first kappa shape index (κ1) is 17.7. The predicted octanol–water partition coefficient (Wildman–Crippen LogP) is 1.39. The number of aliphatic hydroxyl groups is 1. The van der Waals surface area contributed by atoms with E-state index in [1.54, 1.807) is 19.1 Å². The molecule has 6 nitrogen and oxygen atoms in total. The summed E-state index contributed by atoms with van der Waals surface area (Å²) in [6, 6.07) is 4.63. The maximum atomic E-state index is 11.7. The maximum absolute atomic E-state index is 11.7. The van der Waals surface area contributed by atoms with Crippen molar-refractivity contribution in [3.63, 3.8) is 0 Å². The fraction of sp³-hybridized carbons (Fsp3) is 0.571. The lowest BCUT2D eigenvalue weighted by Gasteiger charge is -2.26. The first-order valence-corrected chi connectivity index (χ1v) is 8.35. The summed E-state index contributed by atoms with van der Waals surface area (Å²) in [4.78, 5) is 0.0458. The van der Waals surface area contributed by atoms with Crippen molar-refractivity contribution in [2.75, 3.05) is 24.6 Å². The average molecular weight is 315 g/mol. The molecule has 0 saturated heterocycles. The third-order valence-corrected chi connectivity index (χ3v) is 4.58. The van der Waals surface area contributed by atoms with Gasteiger partial charge in [0.05, 0.1) is 11.3 Å². The van der Waals surface area contributed by atoms with Gasteiger partial charge in [0.1, 0.15) is 4.90 Å². The van der Waals surface area contributed by atoms with Crippen LogP contribution in [0.4, 0.5) is 11.4 Å². The van der Waals surface area contributed by atoms with Gasteiger partial charge in [-0.2, -0.15) is 0 Å². The largest absolute Gasteiger partial charge is 0.398 e. The highest BCUT2D eigenvalue weighted by Gasteiger charge is 2.22. The minimum absolute atomic E-state index is 0.0458. The van der Waals surface area contributed by atoms with Crippen LogP contribution in [0.15, 0.2) is 23.1 Å². The summed E-state index contributed by atoms with van der Waals surface area (Å²) in [6.45, 7) is 6.22. The normalized spacial score (nSPS) is 15.0. The Kier molecular flexibility index (Phi) is 5.61. The van der Waals surface area contributed by atoms with E-state index in [-0.39, 0.29) is 10.6 Å². The van der Waals surface area contributed by atoms with E-state index in [4.69, 9.17) is 5.73 Å². The van der Waals surface area contributed by atoms with Crippen LogP contribution in [0.2, 0.25) is 0 Å². The number of hydrogen-bond acceptors (Lipinski definition) is 5. The van der Waals surface area contributed by atoms with E-state index in [0.29, 0.717) is 24.6 Å². The highest BCUT2D eigenvalue weighted by Crippen LogP contribution is 2.23. The zero-order valence-electron chi connectivity index (χ0n) is 13.0. The lowest BCUT2D eigenvalue weighted by atomic mass is 9.94. The van der Waals surface area contributed by atoms with Crippen molar-refractivity contribution in [2.24, 2.45) is 5.92 Å². The molecule has 7 heteroatoms. The van der Waals surface area contributed by atoms with Gasteiger partial charge in [0.15, 0.2) is 0 Å². The first-order valence-electron chi connectivity index (χ1n) is 6.87. The van der Waals surface area contributed by atoms with Crippen molar-refractivity contribution in [2.45, 2.75) is 37.7 Å². The van der Waals surface area contributed by atoms with Gasteiger partial charge >= 0.3 is 0 Å². The number of rotatable bonds is 7.